The second kappa shape index (κ2) is 5.14. The highest BCUT2D eigenvalue weighted by molar-refractivity contribution is 5.92. The van der Waals surface area contributed by atoms with Gasteiger partial charge in [-0.15, -0.1) is 0 Å². The van der Waals surface area contributed by atoms with Crippen molar-refractivity contribution >= 4 is 11.6 Å². The Hall–Kier alpha value is -1.62. The van der Waals surface area contributed by atoms with E-state index in [2.05, 4.69) is 36.5 Å². The van der Waals surface area contributed by atoms with Crippen LogP contribution >= 0.6 is 0 Å². The molecule has 1 rings (SSSR count). The smallest absolute Gasteiger partial charge is 0.270 e. The number of aromatic nitrogens is 1. The van der Waals surface area contributed by atoms with Gasteiger partial charge in [0.15, 0.2) is 0 Å². The number of carbonyl (C=O) groups is 1. The standard InChI is InChI=1S/C12H20N4O/c1-8(12(2,3)4)15-11(17)10-6-5-9(16-13)7-14-10/h5-8,16H,13H2,1-4H3,(H,15,17). The van der Waals surface area contributed by atoms with Gasteiger partial charge in [0, 0.05) is 6.04 Å². The average molecular weight is 236 g/mol. The Kier molecular flexibility index (Phi) is 4.07. The van der Waals surface area contributed by atoms with Gasteiger partial charge >= 0.3 is 0 Å². The molecule has 0 aliphatic heterocycles. The summed E-state index contributed by atoms with van der Waals surface area (Å²) in [7, 11) is 0. The molecule has 1 aromatic heterocycles. The van der Waals surface area contributed by atoms with Crippen molar-refractivity contribution < 1.29 is 4.79 Å². The van der Waals surface area contributed by atoms with Gasteiger partial charge in [0.1, 0.15) is 5.69 Å². The van der Waals surface area contributed by atoms with Gasteiger partial charge in [-0.1, -0.05) is 20.8 Å². The van der Waals surface area contributed by atoms with Crippen molar-refractivity contribution in [2.75, 3.05) is 5.43 Å². The molecule has 0 saturated heterocycles. The maximum atomic E-state index is 11.9. The fourth-order valence-electron chi connectivity index (χ4n) is 1.10. The first-order valence-corrected chi connectivity index (χ1v) is 5.58. The number of carbonyl (C=O) groups excluding carboxylic acids is 1. The van der Waals surface area contributed by atoms with Crippen molar-refractivity contribution in [2.45, 2.75) is 33.7 Å². The number of nitrogens with zero attached hydrogens (tertiary/aromatic N) is 1. The predicted octanol–water partition coefficient (Wildman–Crippen LogP) is 1.53. The van der Waals surface area contributed by atoms with Gasteiger partial charge in [-0.2, -0.15) is 0 Å². The maximum absolute atomic E-state index is 11.9. The van der Waals surface area contributed by atoms with Crippen LogP contribution in [0.3, 0.4) is 0 Å². The molecule has 0 saturated carbocycles. The van der Waals surface area contributed by atoms with Crippen LogP contribution in [0.5, 0.6) is 0 Å². The van der Waals surface area contributed by atoms with Gasteiger partial charge in [0.2, 0.25) is 0 Å². The molecule has 1 aromatic rings. The Morgan fingerprint density at radius 1 is 1.41 bits per heavy atom. The topological polar surface area (TPSA) is 80.0 Å². The Labute approximate surface area is 102 Å². The molecule has 1 atom stereocenters. The van der Waals surface area contributed by atoms with Crippen LogP contribution in [0.15, 0.2) is 18.3 Å². The zero-order valence-electron chi connectivity index (χ0n) is 10.7. The lowest BCUT2D eigenvalue weighted by Crippen LogP contribution is -2.41. The maximum Gasteiger partial charge on any atom is 0.270 e. The quantitative estimate of drug-likeness (QED) is 0.549. The molecular weight excluding hydrogens is 216 g/mol. The number of pyridine rings is 1. The average Bonchev–Trinajstić information content (AvgIpc) is 2.27. The molecule has 0 spiro atoms. The number of amides is 1. The van der Waals surface area contributed by atoms with Crippen molar-refractivity contribution in [3.63, 3.8) is 0 Å². The summed E-state index contributed by atoms with van der Waals surface area (Å²) < 4.78 is 0. The highest BCUT2D eigenvalue weighted by Gasteiger charge is 2.22. The minimum Gasteiger partial charge on any atom is -0.348 e. The van der Waals surface area contributed by atoms with Crippen LogP contribution in [0.4, 0.5) is 5.69 Å². The first kappa shape index (κ1) is 13.4. The van der Waals surface area contributed by atoms with E-state index in [4.69, 9.17) is 5.84 Å². The molecule has 5 heteroatoms. The highest BCUT2D eigenvalue weighted by atomic mass is 16.1. The van der Waals surface area contributed by atoms with Gasteiger partial charge in [0.25, 0.3) is 5.91 Å². The van der Waals surface area contributed by atoms with Gasteiger partial charge in [-0.3, -0.25) is 10.6 Å². The third kappa shape index (κ3) is 3.71. The van der Waals surface area contributed by atoms with Crippen molar-refractivity contribution in [3.05, 3.63) is 24.0 Å². The van der Waals surface area contributed by atoms with Gasteiger partial charge in [0.05, 0.1) is 11.9 Å². The molecule has 5 nitrogen and oxygen atoms in total. The number of hydrogen-bond acceptors (Lipinski definition) is 4. The van der Waals surface area contributed by atoms with Crippen LogP contribution in [0.25, 0.3) is 0 Å². The normalized spacial score (nSPS) is 13.0. The molecule has 1 amide bonds. The number of hydrogen-bond donors (Lipinski definition) is 3. The molecular formula is C12H20N4O. The number of nitrogens with one attached hydrogen (secondary N) is 2. The third-order valence-corrected chi connectivity index (χ3v) is 2.81. The Morgan fingerprint density at radius 3 is 2.47 bits per heavy atom. The fourth-order valence-corrected chi connectivity index (χ4v) is 1.10. The van der Waals surface area contributed by atoms with E-state index in [1.54, 1.807) is 12.1 Å². The van der Waals surface area contributed by atoms with Crippen molar-refractivity contribution in [1.82, 2.24) is 10.3 Å². The van der Waals surface area contributed by atoms with Crippen molar-refractivity contribution in [3.8, 4) is 0 Å². The number of rotatable bonds is 3. The molecule has 94 valence electrons. The van der Waals surface area contributed by atoms with Crippen molar-refractivity contribution in [1.29, 1.82) is 0 Å². The van der Waals surface area contributed by atoms with E-state index in [0.29, 0.717) is 11.4 Å². The first-order chi connectivity index (χ1) is 7.84. The Bertz CT molecular complexity index is 380. The lowest BCUT2D eigenvalue weighted by molar-refractivity contribution is 0.0905. The van der Waals surface area contributed by atoms with Gasteiger partial charge < -0.3 is 10.7 Å². The summed E-state index contributed by atoms with van der Waals surface area (Å²) in [5.41, 5.74) is 3.55. The number of hydrazine groups is 1. The predicted molar refractivity (Wildman–Crippen MR) is 68.4 cm³/mol. The lowest BCUT2D eigenvalue weighted by atomic mass is 9.88. The van der Waals surface area contributed by atoms with E-state index in [-0.39, 0.29) is 17.4 Å². The van der Waals surface area contributed by atoms with E-state index in [9.17, 15) is 4.79 Å². The van der Waals surface area contributed by atoms with Crippen LogP contribution in [0, 0.1) is 5.41 Å². The molecule has 1 heterocycles. The highest BCUT2D eigenvalue weighted by Crippen LogP contribution is 2.18. The Balaban J connectivity index is 2.70. The zero-order valence-corrected chi connectivity index (χ0v) is 10.7. The summed E-state index contributed by atoms with van der Waals surface area (Å²) in [6.07, 6.45) is 1.52. The molecule has 0 aliphatic carbocycles. The van der Waals surface area contributed by atoms with Crippen LogP contribution in [0.2, 0.25) is 0 Å². The van der Waals surface area contributed by atoms with Crippen LogP contribution in [0.1, 0.15) is 38.2 Å². The largest absolute Gasteiger partial charge is 0.348 e. The summed E-state index contributed by atoms with van der Waals surface area (Å²) in [6, 6.07) is 3.42. The minimum absolute atomic E-state index is 0.0222. The fraction of sp³-hybridized carbons (Fsp3) is 0.500. The molecule has 17 heavy (non-hydrogen) atoms. The second-order valence-electron chi connectivity index (χ2n) is 5.14. The molecule has 0 bridgehead atoms. The van der Waals surface area contributed by atoms with E-state index in [1.807, 2.05) is 6.92 Å². The molecule has 0 radical (unpaired) electrons. The van der Waals surface area contributed by atoms with E-state index >= 15 is 0 Å². The first-order valence-electron chi connectivity index (χ1n) is 5.58. The second-order valence-corrected chi connectivity index (χ2v) is 5.14. The summed E-state index contributed by atoms with van der Waals surface area (Å²) in [6.45, 7) is 8.21. The van der Waals surface area contributed by atoms with Crippen LogP contribution < -0.4 is 16.6 Å². The van der Waals surface area contributed by atoms with E-state index in [1.165, 1.54) is 6.20 Å². The minimum atomic E-state index is -0.170. The van der Waals surface area contributed by atoms with E-state index in [0.717, 1.165) is 0 Å². The van der Waals surface area contributed by atoms with Gasteiger partial charge in [-0.25, -0.2) is 4.98 Å². The molecule has 4 N–H and O–H groups in total. The Morgan fingerprint density at radius 2 is 2.06 bits per heavy atom. The summed E-state index contributed by atoms with van der Waals surface area (Å²) in [5.74, 6) is 5.05. The molecule has 0 aliphatic rings. The number of anilines is 1. The van der Waals surface area contributed by atoms with Crippen LogP contribution in [-0.4, -0.2) is 16.9 Å². The molecule has 0 aromatic carbocycles. The number of nitrogen functional groups attached to an aromatic ring is 1. The summed E-state index contributed by atoms with van der Waals surface area (Å²) in [5, 5.41) is 2.92. The summed E-state index contributed by atoms with van der Waals surface area (Å²) >= 11 is 0. The molecule has 1 unspecified atom stereocenters. The van der Waals surface area contributed by atoms with E-state index < -0.39 is 0 Å². The SMILES string of the molecule is CC(NC(=O)c1ccc(NN)cn1)C(C)(C)C. The monoisotopic (exact) mass is 236 g/mol. The molecule has 0 fully saturated rings. The van der Waals surface area contributed by atoms with Gasteiger partial charge in [-0.05, 0) is 24.5 Å². The van der Waals surface area contributed by atoms with Crippen molar-refractivity contribution in [2.24, 2.45) is 11.3 Å². The van der Waals surface area contributed by atoms with Crippen LogP contribution in [-0.2, 0) is 0 Å². The number of nitrogens with two attached hydrogens (primary N) is 1. The third-order valence-electron chi connectivity index (χ3n) is 2.81. The summed E-state index contributed by atoms with van der Waals surface area (Å²) in [4.78, 5) is 15.9. The lowest BCUT2D eigenvalue weighted by Gasteiger charge is -2.27. The zero-order chi connectivity index (χ0) is 13.1.